The van der Waals surface area contributed by atoms with E-state index >= 15 is 0 Å². The molecule has 0 amide bonds. The maximum Gasteiger partial charge on any atom is 0.303 e. The quantitative estimate of drug-likeness (QED) is 0.881. The number of fused-ring (bicyclic) bond motifs is 1. The van der Waals surface area contributed by atoms with E-state index in [1.807, 2.05) is 25.1 Å². The van der Waals surface area contributed by atoms with Gasteiger partial charge in [0, 0.05) is 12.8 Å². The molecular weight excluding hydrogens is 234 g/mol. The highest BCUT2D eigenvalue weighted by molar-refractivity contribution is 5.79. The molecule has 96 valence electrons. The Morgan fingerprint density at radius 2 is 2.33 bits per heavy atom. The van der Waals surface area contributed by atoms with Crippen LogP contribution in [0.4, 0.5) is 0 Å². The second-order valence-corrected chi connectivity index (χ2v) is 4.32. The zero-order chi connectivity index (χ0) is 13.1. The molecule has 0 saturated carbocycles. The van der Waals surface area contributed by atoms with Gasteiger partial charge in [0.1, 0.15) is 5.75 Å². The maximum atomic E-state index is 10.6. The van der Waals surface area contributed by atoms with Crippen molar-refractivity contribution in [2.75, 3.05) is 7.11 Å². The summed E-state index contributed by atoms with van der Waals surface area (Å²) in [5, 5.41) is 8.71. The predicted molar refractivity (Wildman–Crippen MR) is 65.7 cm³/mol. The number of methoxy groups -OCH3 is 1. The molecule has 18 heavy (non-hydrogen) atoms. The number of para-hydroxylation sites is 1. The van der Waals surface area contributed by atoms with E-state index in [4.69, 9.17) is 14.3 Å². The molecule has 1 heterocycles. The summed E-state index contributed by atoms with van der Waals surface area (Å²) in [5.41, 5.74) is 1.34. The van der Waals surface area contributed by atoms with Gasteiger partial charge in [0.2, 0.25) is 0 Å². The summed E-state index contributed by atoms with van der Waals surface area (Å²) in [7, 11) is 1.58. The molecule has 1 N–H and O–H groups in total. The average molecular weight is 249 g/mol. The lowest BCUT2D eigenvalue weighted by molar-refractivity contribution is -0.137. The van der Waals surface area contributed by atoms with Crippen LogP contribution in [0.2, 0.25) is 0 Å². The van der Waals surface area contributed by atoms with Crippen molar-refractivity contribution in [3.8, 4) is 5.75 Å². The van der Waals surface area contributed by atoms with Crippen LogP contribution in [0.5, 0.6) is 5.75 Å². The summed E-state index contributed by atoms with van der Waals surface area (Å²) in [4.78, 5) is 14.9. The van der Waals surface area contributed by atoms with E-state index in [9.17, 15) is 4.79 Å². The van der Waals surface area contributed by atoms with Crippen molar-refractivity contribution >= 4 is 17.1 Å². The number of aliphatic carboxylic acids is 1. The van der Waals surface area contributed by atoms with Crippen LogP contribution in [0.1, 0.15) is 19.2 Å². The van der Waals surface area contributed by atoms with E-state index in [0.717, 1.165) is 0 Å². The van der Waals surface area contributed by atoms with Crippen LogP contribution in [0.15, 0.2) is 22.6 Å². The third-order valence-electron chi connectivity index (χ3n) is 2.69. The summed E-state index contributed by atoms with van der Waals surface area (Å²) in [6.07, 6.45) is 0.611. The highest BCUT2D eigenvalue weighted by atomic mass is 16.5. The summed E-state index contributed by atoms with van der Waals surface area (Å²) in [6, 6.07) is 5.46. The smallest absolute Gasteiger partial charge is 0.303 e. The molecule has 0 saturated heterocycles. The molecule has 0 radical (unpaired) electrons. The molecule has 2 rings (SSSR count). The van der Waals surface area contributed by atoms with Crippen molar-refractivity contribution in [2.24, 2.45) is 5.92 Å². The van der Waals surface area contributed by atoms with Gasteiger partial charge < -0.3 is 14.3 Å². The van der Waals surface area contributed by atoms with E-state index in [1.54, 1.807) is 7.11 Å². The Morgan fingerprint density at radius 1 is 1.56 bits per heavy atom. The number of carbonyl (C=O) groups is 1. The Kier molecular flexibility index (Phi) is 3.50. The molecule has 0 aliphatic carbocycles. The molecule has 2 aromatic rings. The first kappa shape index (κ1) is 12.4. The lowest BCUT2D eigenvalue weighted by Gasteiger charge is -2.03. The number of rotatable bonds is 5. The Morgan fingerprint density at radius 3 is 3.00 bits per heavy atom. The van der Waals surface area contributed by atoms with Crippen LogP contribution >= 0.6 is 0 Å². The molecule has 0 spiro atoms. The molecule has 1 unspecified atom stereocenters. The van der Waals surface area contributed by atoms with E-state index in [1.165, 1.54) is 0 Å². The molecule has 5 nitrogen and oxygen atoms in total. The van der Waals surface area contributed by atoms with Crippen LogP contribution in [-0.4, -0.2) is 23.2 Å². The number of hydrogen-bond acceptors (Lipinski definition) is 4. The molecule has 5 heteroatoms. The van der Waals surface area contributed by atoms with Crippen molar-refractivity contribution in [1.29, 1.82) is 0 Å². The van der Waals surface area contributed by atoms with Gasteiger partial charge >= 0.3 is 5.97 Å². The van der Waals surface area contributed by atoms with E-state index < -0.39 is 5.97 Å². The third kappa shape index (κ3) is 2.61. The SMILES string of the molecule is COc1cccc2oc(CC(C)CC(=O)O)nc12. The maximum absolute atomic E-state index is 10.6. The van der Waals surface area contributed by atoms with Crippen LogP contribution in [0.3, 0.4) is 0 Å². The van der Waals surface area contributed by atoms with Crippen LogP contribution in [0, 0.1) is 5.92 Å². The second-order valence-electron chi connectivity index (χ2n) is 4.32. The molecule has 0 bridgehead atoms. The fourth-order valence-corrected chi connectivity index (χ4v) is 1.89. The Labute approximate surface area is 104 Å². The monoisotopic (exact) mass is 249 g/mol. The van der Waals surface area contributed by atoms with Crippen LogP contribution in [-0.2, 0) is 11.2 Å². The topological polar surface area (TPSA) is 72.6 Å². The summed E-state index contributed by atoms with van der Waals surface area (Å²) >= 11 is 0. The molecule has 1 aromatic heterocycles. The fourth-order valence-electron chi connectivity index (χ4n) is 1.89. The number of hydrogen-bond donors (Lipinski definition) is 1. The molecule has 0 aliphatic heterocycles. The molecular formula is C13H15NO4. The first-order chi connectivity index (χ1) is 8.60. The average Bonchev–Trinajstić information content (AvgIpc) is 2.69. The third-order valence-corrected chi connectivity index (χ3v) is 2.69. The standard InChI is InChI=1S/C13H15NO4/c1-8(7-12(15)16)6-11-14-13-9(17-2)4-3-5-10(13)18-11/h3-5,8H,6-7H2,1-2H3,(H,15,16). The fraction of sp³-hybridized carbons (Fsp3) is 0.385. The first-order valence-corrected chi connectivity index (χ1v) is 5.74. The minimum Gasteiger partial charge on any atom is -0.494 e. The van der Waals surface area contributed by atoms with E-state index in [-0.39, 0.29) is 12.3 Å². The number of ether oxygens (including phenoxy) is 1. The molecule has 1 atom stereocenters. The van der Waals surface area contributed by atoms with Gasteiger partial charge in [0.25, 0.3) is 0 Å². The van der Waals surface area contributed by atoms with Crippen LogP contribution < -0.4 is 4.74 Å². The highest BCUT2D eigenvalue weighted by Crippen LogP contribution is 2.26. The number of nitrogens with zero attached hydrogens (tertiary/aromatic N) is 1. The Hall–Kier alpha value is -2.04. The molecule has 1 aromatic carbocycles. The van der Waals surface area contributed by atoms with E-state index in [2.05, 4.69) is 4.98 Å². The lowest BCUT2D eigenvalue weighted by Crippen LogP contribution is -2.07. The van der Waals surface area contributed by atoms with Gasteiger partial charge in [-0.15, -0.1) is 0 Å². The van der Waals surface area contributed by atoms with Crippen molar-refractivity contribution in [1.82, 2.24) is 4.98 Å². The zero-order valence-corrected chi connectivity index (χ0v) is 10.3. The minimum atomic E-state index is -0.809. The number of carboxylic acids is 1. The predicted octanol–water partition coefficient (Wildman–Crippen LogP) is 2.49. The van der Waals surface area contributed by atoms with Crippen LogP contribution in [0.25, 0.3) is 11.1 Å². The van der Waals surface area contributed by atoms with Gasteiger partial charge in [-0.25, -0.2) is 4.98 Å². The summed E-state index contributed by atoms with van der Waals surface area (Å²) < 4.78 is 10.8. The molecule has 0 aliphatic rings. The number of carboxylic acid groups (broad SMARTS) is 1. The van der Waals surface area contributed by atoms with Gasteiger partial charge in [-0.3, -0.25) is 4.79 Å². The van der Waals surface area contributed by atoms with E-state index in [0.29, 0.717) is 29.2 Å². The van der Waals surface area contributed by atoms with Gasteiger partial charge in [0.15, 0.2) is 17.0 Å². The number of benzene rings is 1. The van der Waals surface area contributed by atoms with Gasteiger partial charge in [-0.1, -0.05) is 13.0 Å². The normalized spacial score (nSPS) is 12.6. The van der Waals surface area contributed by atoms with Crippen molar-refractivity contribution in [3.63, 3.8) is 0 Å². The zero-order valence-electron chi connectivity index (χ0n) is 10.3. The van der Waals surface area contributed by atoms with Crippen molar-refractivity contribution < 1.29 is 19.1 Å². The summed E-state index contributed by atoms with van der Waals surface area (Å²) in [6.45, 7) is 1.86. The molecule has 0 fully saturated rings. The number of aromatic nitrogens is 1. The lowest BCUT2D eigenvalue weighted by atomic mass is 10.0. The van der Waals surface area contributed by atoms with Gasteiger partial charge in [-0.05, 0) is 18.1 Å². The van der Waals surface area contributed by atoms with Gasteiger partial charge in [-0.2, -0.15) is 0 Å². The highest BCUT2D eigenvalue weighted by Gasteiger charge is 2.14. The largest absolute Gasteiger partial charge is 0.494 e. The second kappa shape index (κ2) is 5.08. The van der Waals surface area contributed by atoms with Gasteiger partial charge in [0.05, 0.1) is 7.11 Å². The minimum absolute atomic E-state index is 0.0124. The Balaban J connectivity index is 2.22. The van der Waals surface area contributed by atoms with Crippen molar-refractivity contribution in [2.45, 2.75) is 19.8 Å². The first-order valence-electron chi connectivity index (χ1n) is 5.74. The Bertz CT molecular complexity index is 561. The number of oxazole rings is 1. The van der Waals surface area contributed by atoms with Crippen molar-refractivity contribution in [3.05, 3.63) is 24.1 Å². The summed E-state index contributed by atoms with van der Waals surface area (Å²) in [5.74, 6) is 0.384.